The Labute approximate surface area is 218 Å². The van der Waals surface area contributed by atoms with Crippen LogP contribution < -0.4 is 10.0 Å². The van der Waals surface area contributed by atoms with E-state index in [0.29, 0.717) is 39.9 Å². The molecule has 0 unspecified atom stereocenters. The van der Waals surface area contributed by atoms with E-state index in [1.54, 1.807) is 60.7 Å². The number of rotatable bonds is 8. The predicted octanol–water partition coefficient (Wildman–Crippen LogP) is 6.30. The van der Waals surface area contributed by atoms with Crippen LogP contribution in [-0.4, -0.2) is 30.7 Å². The molecule has 0 aliphatic heterocycles. The number of carbonyl (C=O) groups excluding carboxylic acids is 4. The number of aldehydes is 2. The lowest BCUT2D eigenvalue weighted by Gasteiger charge is -2.20. The van der Waals surface area contributed by atoms with Crippen molar-refractivity contribution in [2.75, 3.05) is 7.11 Å². The van der Waals surface area contributed by atoms with Gasteiger partial charge in [0, 0.05) is 27.6 Å². The zero-order chi connectivity index (χ0) is 26.9. The zero-order valence-corrected chi connectivity index (χ0v) is 21.2. The van der Waals surface area contributed by atoms with Crippen LogP contribution in [0.1, 0.15) is 41.4 Å². The predicted molar refractivity (Wildman–Crippen MR) is 148 cm³/mol. The molecule has 0 N–H and O–H groups in total. The Morgan fingerprint density at radius 3 is 1.50 bits per heavy atom. The highest BCUT2D eigenvalue weighted by Gasteiger charge is 2.45. The maximum Gasteiger partial charge on any atom is 0.248 e. The van der Waals surface area contributed by atoms with Gasteiger partial charge in [-0.1, -0.05) is 72.8 Å². The Morgan fingerprint density at radius 1 is 0.632 bits per heavy atom. The second-order valence-electron chi connectivity index (χ2n) is 8.66. The van der Waals surface area contributed by atoms with Gasteiger partial charge in [-0.15, -0.1) is 0 Å². The highest BCUT2D eigenvalue weighted by molar-refractivity contribution is 8.01. The van der Waals surface area contributed by atoms with Crippen molar-refractivity contribution in [3.05, 3.63) is 119 Å². The van der Waals surface area contributed by atoms with Gasteiger partial charge in [0.1, 0.15) is 5.75 Å². The van der Waals surface area contributed by atoms with Crippen LogP contribution in [-0.2, 0) is 4.57 Å². The van der Waals surface area contributed by atoms with Crippen LogP contribution in [0, 0.1) is 0 Å². The van der Waals surface area contributed by atoms with Crippen molar-refractivity contribution >= 4 is 57.6 Å². The minimum absolute atomic E-state index is 0.0174. The van der Waals surface area contributed by atoms with E-state index in [1.165, 1.54) is 43.5 Å². The maximum atomic E-state index is 15.1. The fourth-order valence-corrected chi connectivity index (χ4v) is 7.04. The molecule has 0 bridgehead atoms. The van der Waals surface area contributed by atoms with E-state index in [4.69, 9.17) is 4.74 Å². The minimum Gasteiger partial charge on any atom is -0.497 e. The van der Waals surface area contributed by atoms with Crippen LogP contribution >= 0.6 is 7.14 Å². The molecule has 0 saturated heterocycles. The van der Waals surface area contributed by atoms with E-state index in [9.17, 15) is 19.2 Å². The lowest BCUT2D eigenvalue weighted by molar-refractivity contribution is 0.103. The second-order valence-corrected chi connectivity index (χ2v) is 11.2. The van der Waals surface area contributed by atoms with Crippen LogP contribution in [0.15, 0.2) is 97.1 Å². The second kappa shape index (κ2) is 10.0. The van der Waals surface area contributed by atoms with E-state index in [-0.39, 0.29) is 27.6 Å². The molecule has 6 nitrogen and oxygen atoms in total. The summed E-state index contributed by atoms with van der Waals surface area (Å²) in [4.78, 5) is 52.9. The van der Waals surface area contributed by atoms with Crippen molar-refractivity contribution in [1.82, 2.24) is 0 Å². The minimum atomic E-state index is -4.67. The first kappa shape index (κ1) is 25.0. The third kappa shape index (κ3) is 3.96. The first-order chi connectivity index (χ1) is 18.4. The van der Waals surface area contributed by atoms with Crippen molar-refractivity contribution in [1.29, 1.82) is 0 Å². The molecule has 38 heavy (non-hydrogen) atoms. The van der Waals surface area contributed by atoms with Crippen LogP contribution in [0.5, 0.6) is 5.75 Å². The number of hydrogen-bond donors (Lipinski definition) is 0. The van der Waals surface area contributed by atoms with Gasteiger partial charge in [0.25, 0.3) is 0 Å². The number of fused-ring (bicyclic) bond motifs is 2. The summed E-state index contributed by atoms with van der Waals surface area (Å²) in [5, 5.41) is 2.07. The average molecular weight is 520 g/mol. The Balaban J connectivity index is 1.85. The summed E-state index contributed by atoms with van der Waals surface area (Å²) in [5.41, 5.74) is -2.11. The molecule has 5 aromatic carbocycles. The number of hydrogen-bond acceptors (Lipinski definition) is 6. The molecule has 0 heterocycles. The van der Waals surface area contributed by atoms with E-state index in [2.05, 4.69) is 0 Å². The summed E-state index contributed by atoms with van der Waals surface area (Å²) in [7, 11) is -3.21. The topological polar surface area (TPSA) is 94.6 Å². The lowest BCUT2D eigenvalue weighted by atomic mass is 10.0. The molecular weight excluding hydrogens is 499 g/mol. The molecule has 0 aliphatic rings. The van der Waals surface area contributed by atoms with Crippen LogP contribution in [0.2, 0.25) is 0 Å². The van der Waals surface area contributed by atoms with Crippen LogP contribution in [0.3, 0.4) is 0 Å². The van der Waals surface area contributed by atoms with E-state index < -0.39 is 18.2 Å². The van der Waals surface area contributed by atoms with Gasteiger partial charge in [-0.2, -0.15) is 0 Å². The third-order valence-electron chi connectivity index (χ3n) is 6.61. The molecule has 0 radical (unpaired) electrons. The Bertz CT molecular complexity index is 1700. The maximum absolute atomic E-state index is 15.1. The molecule has 0 atom stereocenters. The molecule has 7 heteroatoms. The molecule has 0 spiro atoms. The monoisotopic (exact) mass is 520 g/mol. The summed E-state index contributed by atoms with van der Waals surface area (Å²) in [5.74, 6) is 0.442. The lowest BCUT2D eigenvalue weighted by Crippen LogP contribution is -2.22. The van der Waals surface area contributed by atoms with Crippen molar-refractivity contribution < 1.29 is 28.5 Å². The van der Waals surface area contributed by atoms with Crippen molar-refractivity contribution in [3.63, 3.8) is 0 Å². The van der Waals surface area contributed by atoms with E-state index >= 15 is 4.57 Å². The Morgan fingerprint density at radius 2 is 1.08 bits per heavy atom. The van der Waals surface area contributed by atoms with Gasteiger partial charge in [-0.05, 0) is 45.8 Å². The molecule has 5 rings (SSSR count). The van der Waals surface area contributed by atoms with Crippen molar-refractivity contribution in [2.24, 2.45) is 0 Å². The Kier molecular flexibility index (Phi) is 6.58. The fourth-order valence-electron chi connectivity index (χ4n) is 4.68. The molecule has 186 valence electrons. The number of ether oxygens (including phenoxy) is 1. The summed E-state index contributed by atoms with van der Waals surface area (Å²) in [6.45, 7) is 0. The van der Waals surface area contributed by atoms with Crippen LogP contribution in [0.4, 0.5) is 0 Å². The number of carbonyl (C=O) groups is 4. The number of methoxy groups -OCH3 is 1. The van der Waals surface area contributed by atoms with Crippen molar-refractivity contribution in [3.8, 4) is 5.75 Å². The Hall–Kier alpha value is -4.67. The molecule has 5 aromatic rings. The highest BCUT2D eigenvalue weighted by Crippen LogP contribution is 2.53. The van der Waals surface area contributed by atoms with Gasteiger partial charge in [-0.3, -0.25) is 19.2 Å². The summed E-state index contributed by atoms with van der Waals surface area (Å²) < 4.78 is 20.3. The third-order valence-corrected chi connectivity index (χ3v) is 9.23. The van der Waals surface area contributed by atoms with Gasteiger partial charge in [0.2, 0.25) is 18.2 Å². The summed E-state index contributed by atoms with van der Waals surface area (Å²) >= 11 is 0. The summed E-state index contributed by atoms with van der Waals surface area (Å²) in [6, 6.07) is 25.9. The van der Waals surface area contributed by atoms with Gasteiger partial charge in [0.05, 0.1) is 7.11 Å². The molecule has 0 fully saturated rings. The quantitative estimate of drug-likeness (QED) is 0.176. The smallest absolute Gasteiger partial charge is 0.248 e. The molecular formula is C31H21O6P. The largest absolute Gasteiger partial charge is 0.497 e. The zero-order valence-electron chi connectivity index (χ0n) is 20.3. The SMILES string of the molecule is COc1ccc(P(=O)(C(=O)c2c(C=O)ccc3ccccc23)C(=O)c2c(C=O)ccc3ccccc23)cc1. The molecule has 0 amide bonds. The first-order valence-corrected chi connectivity index (χ1v) is 13.4. The van der Waals surface area contributed by atoms with Gasteiger partial charge in [-0.25, -0.2) is 0 Å². The van der Waals surface area contributed by atoms with Crippen molar-refractivity contribution in [2.45, 2.75) is 0 Å². The van der Waals surface area contributed by atoms with Gasteiger partial charge >= 0.3 is 0 Å². The number of benzene rings is 5. The molecule has 0 saturated carbocycles. The summed E-state index contributed by atoms with van der Waals surface area (Å²) in [6.07, 6.45) is 1.02. The molecule has 0 aliphatic carbocycles. The van der Waals surface area contributed by atoms with E-state index in [1.807, 2.05) is 0 Å². The van der Waals surface area contributed by atoms with Gasteiger partial charge < -0.3 is 9.30 Å². The standard InChI is InChI=1S/C31H21O6P/c1-37-24-14-16-25(17-15-24)38(36,30(34)28-22(18-32)12-10-20-6-2-4-8-26(20)28)31(35)29-23(19-33)13-11-21-7-3-5-9-27(21)29/h2-19H,1H3. The van der Waals surface area contributed by atoms with Gasteiger partial charge in [0.15, 0.2) is 12.6 Å². The normalized spacial score (nSPS) is 11.3. The average Bonchev–Trinajstić information content (AvgIpc) is 2.98. The van der Waals surface area contributed by atoms with E-state index in [0.717, 1.165) is 0 Å². The highest BCUT2D eigenvalue weighted by atomic mass is 31.2. The fraction of sp³-hybridized carbons (Fsp3) is 0.0323. The van der Waals surface area contributed by atoms with Crippen LogP contribution in [0.25, 0.3) is 21.5 Å². The molecule has 0 aromatic heterocycles. The first-order valence-electron chi connectivity index (χ1n) is 11.7.